The normalized spacial score (nSPS) is 14.5. The summed E-state index contributed by atoms with van der Waals surface area (Å²) in [5, 5.41) is 11.2. The smallest absolute Gasteiger partial charge is 0.326 e. The second-order valence-electron chi connectivity index (χ2n) is 3.20. The maximum absolute atomic E-state index is 11.3. The lowest BCUT2D eigenvalue weighted by Gasteiger charge is -2.16. The highest BCUT2D eigenvalue weighted by molar-refractivity contribution is 5.86. The molecule has 0 aromatic heterocycles. The summed E-state index contributed by atoms with van der Waals surface area (Å²) in [6.07, 6.45) is 1.64. The zero-order valence-corrected chi connectivity index (χ0v) is 8.62. The van der Waals surface area contributed by atoms with Crippen molar-refractivity contribution in [3.63, 3.8) is 0 Å². The number of carbonyl (C=O) groups excluding carboxylic acids is 1. The van der Waals surface area contributed by atoms with Gasteiger partial charge in [0.1, 0.15) is 6.04 Å². The Labute approximate surface area is 83.7 Å². The lowest BCUT2D eigenvalue weighted by molar-refractivity contribution is -0.142. The van der Waals surface area contributed by atoms with Gasteiger partial charge in [-0.2, -0.15) is 0 Å². The van der Waals surface area contributed by atoms with E-state index in [1.807, 2.05) is 6.92 Å². The third-order valence-corrected chi connectivity index (χ3v) is 1.97. The van der Waals surface area contributed by atoms with Gasteiger partial charge in [0, 0.05) is 0 Å². The minimum atomic E-state index is -1.01. The molecule has 5 nitrogen and oxygen atoms in total. The van der Waals surface area contributed by atoms with E-state index in [9.17, 15) is 9.59 Å². The molecule has 0 aliphatic heterocycles. The van der Waals surface area contributed by atoms with E-state index in [1.165, 1.54) is 0 Å². The lowest BCUT2D eigenvalue weighted by Crippen LogP contribution is -2.48. The van der Waals surface area contributed by atoms with Crippen LogP contribution in [0.2, 0.25) is 0 Å². The van der Waals surface area contributed by atoms with Crippen molar-refractivity contribution < 1.29 is 14.7 Å². The first kappa shape index (κ1) is 12.9. The number of carboxylic acid groups (broad SMARTS) is 1. The Kier molecular flexibility index (Phi) is 5.87. The number of amides is 1. The topological polar surface area (TPSA) is 92.4 Å². The van der Waals surface area contributed by atoms with Crippen molar-refractivity contribution in [3.05, 3.63) is 0 Å². The molecule has 0 aliphatic rings. The molecule has 0 aromatic carbocycles. The monoisotopic (exact) mass is 202 g/mol. The van der Waals surface area contributed by atoms with Crippen LogP contribution in [0.15, 0.2) is 0 Å². The minimum Gasteiger partial charge on any atom is -0.480 e. The highest BCUT2D eigenvalue weighted by atomic mass is 16.4. The first-order valence-corrected chi connectivity index (χ1v) is 4.81. The summed E-state index contributed by atoms with van der Waals surface area (Å²) < 4.78 is 0. The molecule has 4 N–H and O–H groups in total. The highest BCUT2D eigenvalue weighted by Crippen LogP contribution is 1.98. The molecule has 0 saturated heterocycles. The summed E-state index contributed by atoms with van der Waals surface area (Å²) in [6, 6.07) is -1.43. The SMILES string of the molecule is CCC[C@@H](NC(=O)[C@@H](N)CC)C(=O)O. The van der Waals surface area contributed by atoms with Gasteiger partial charge in [0.25, 0.3) is 0 Å². The van der Waals surface area contributed by atoms with Crippen LogP contribution < -0.4 is 11.1 Å². The van der Waals surface area contributed by atoms with Gasteiger partial charge < -0.3 is 16.2 Å². The van der Waals surface area contributed by atoms with Crippen LogP contribution in [0.3, 0.4) is 0 Å². The molecule has 0 saturated carbocycles. The van der Waals surface area contributed by atoms with E-state index >= 15 is 0 Å². The van der Waals surface area contributed by atoms with E-state index in [0.717, 1.165) is 0 Å². The van der Waals surface area contributed by atoms with Crippen molar-refractivity contribution in [2.75, 3.05) is 0 Å². The van der Waals surface area contributed by atoms with E-state index in [4.69, 9.17) is 10.8 Å². The average molecular weight is 202 g/mol. The van der Waals surface area contributed by atoms with Crippen LogP contribution in [0.4, 0.5) is 0 Å². The largest absolute Gasteiger partial charge is 0.480 e. The van der Waals surface area contributed by atoms with E-state index in [0.29, 0.717) is 19.3 Å². The Hall–Kier alpha value is -1.10. The quantitative estimate of drug-likeness (QED) is 0.569. The molecule has 0 bridgehead atoms. The molecule has 2 atom stereocenters. The number of hydrogen-bond donors (Lipinski definition) is 3. The van der Waals surface area contributed by atoms with Gasteiger partial charge in [0.2, 0.25) is 5.91 Å². The third-order valence-electron chi connectivity index (χ3n) is 1.97. The first-order valence-electron chi connectivity index (χ1n) is 4.81. The Morgan fingerprint density at radius 3 is 2.36 bits per heavy atom. The van der Waals surface area contributed by atoms with Crippen molar-refractivity contribution in [1.82, 2.24) is 5.32 Å². The van der Waals surface area contributed by atoms with Crippen LogP contribution in [0.25, 0.3) is 0 Å². The second kappa shape index (κ2) is 6.37. The summed E-state index contributed by atoms with van der Waals surface area (Å²) in [6.45, 7) is 3.64. The molecule has 0 aromatic rings. The van der Waals surface area contributed by atoms with Gasteiger partial charge in [-0.05, 0) is 12.8 Å². The Bertz CT molecular complexity index is 206. The van der Waals surface area contributed by atoms with Crippen molar-refractivity contribution in [2.45, 2.75) is 45.2 Å². The van der Waals surface area contributed by atoms with Gasteiger partial charge in [0.15, 0.2) is 0 Å². The van der Waals surface area contributed by atoms with Crippen molar-refractivity contribution >= 4 is 11.9 Å². The third kappa shape index (κ3) is 4.23. The molecule has 0 spiro atoms. The van der Waals surface area contributed by atoms with Crippen LogP contribution in [-0.4, -0.2) is 29.1 Å². The molecule has 14 heavy (non-hydrogen) atoms. The van der Waals surface area contributed by atoms with Gasteiger partial charge in [0.05, 0.1) is 6.04 Å². The van der Waals surface area contributed by atoms with Gasteiger partial charge in [-0.1, -0.05) is 20.3 Å². The van der Waals surface area contributed by atoms with Crippen molar-refractivity contribution in [1.29, 1.82) is 0 Å². The molecule has 0 fully saturated rings. The van der Waals surface area contributed by atoms with E-state index in [2.05, 4.69) is 5.32 Å². The molecule has 0 unspecified atom stereocenters. The fourth-order valence-corrected chi connectivity index (χ4v) is 1.01. The Morgan fingerprint density at radius 2 is 2.00 bits per heavy atom. The van der Waals surface area contributed by atoms with E-state index < -0.39 is 24.0 Å². The zero-order chi connectivity index (χ0) is 11.1. The summed E-state index contributed by atoms with van der Waals surface area (Å²) in [5.74, 6) is -1.41. The van der Waals surface area contributed by atoms with Gasteiger partial charge >= 0.3 is 5.97 Å². The molecule has 82 valence electrons. The standard InChI is InChI=1S/C9H18N2O3/c1-3-5-7(9(13)14)11-8(12)6(10)4-2/h6-7H,3-5,10H2,1-2H3,(H,11,12)(H,13,14)/t6-,7+/m0/s1. The fraction of sp³-hybridized carbons (Fsp3) is 0.778. The predicted molar refractivity (Wildman–Crippen MR) is 52.7 cm³/mol. The van der Waals surface area contributed by atoms with Gasteiger partial charge in [-0.25, -0.2) is 4.79 Å². The van der Waals surface area contributed by atoms with E-state index in [-0.39, 0.29) is 0 Å². The molecule has 0 aliphatic carbocycles. The van der Waals surface area contributed by atoms with Gasteiger partial charge in [-0.15, -0.1) is 0 Å². The number of nitrogens with two attached hydrogens (primary N) is 1. The number of hydrogen-bond acceptors (Lipinski definition) is 3. The number of carboxylic acids is 1. The van der Waals surface area contributed by atoms with Crippen LogP contribution in [0.1, 0.15) is 33.1 Å². The fourth-order valence-electron chi connectivity index (χ4n) is 1.01. The van der Waals surface area contributed by atoms with Crippen LogP contribution in [0, 0.1) is 0 Å². The zero-order valence-electron chi connectivity index (χ0n) is 8.62. The highest BCUT2D eigenvalue weighted by Gasteiger charge is 2.21. The number of aliphatic carboxylic acids is 1. The Balaban J connectivity index is 4.15. The lowest BCUT2D eigenvalue weighted by atomic mass is 10.1. The van der Waals surface area contributed by atoms with E-state index in [1.54, 1.807) is 6.92 Å². The molecule has 5 heteroatoms. The van der Waals surface area contributed by atoms with Crippen LogP contribution in [0.5, 0.6) is 0 Å². The number of carbonyl (C=O) groups is 2. The second-order valence-corrected chi connectivity index (χ2v) is 3.20. The summed E-state index contributed by atoms with van der Waals surface area (Å²) in [5.41, 5.74) is 5.46. The molecule has 0 heterocycles. The minimum absolute atomic E-state index is 0.395. The first-order chi connectivity index (χ1) is 6.52. The van der Waals surface area contributed by atoms with Crippen LogP contribution >= 0.6 is 0 Å². The van der Waals surface area contributed by atoms with Crippen molar-refractivity contribution in [3.8, 4) is 0 Å². The average Bonchev–Trinajstić information content (AvgIpc) is 2.15. The summed E-state index contributed by atoms with van der Waals surface area (Å²) >= 11 is 0. The molecular formula is C9H18N2O3. The summed E-state index contributed by atoms with van der Waals surface area (Å²) in [4.78, 5) is 21.9. The maximum atomic E-state index is 11.3. The molecule has 0 radical (unpaired) electrons. The number of rotatable bonds is 6. The predicted octanol–water partition coefficient (Wildman–Crippen LogP) is 0.0932. The Morgan fingerprint density at radius 1 is 1.43 bits per heavy atom. The molecular weight excluding hydrogens is 184 g/mol. The molecule has 1 amide bonds. The van der Waals surface area contributed by atoms with Crippen molar-refractivity contribution in [2.24, 2.45) is 5.73 Å². The molecule has 0 rings (SSSR count). The van der Waals surface area contributed by atoms with Crippen LogP contribution in [-0.2, 0) is 9.59 Å². The van der Waals surface area contributed by atoms with Gasteiger partial charge in [-0.3, -0.25) is 4.79 Å². The number of nitrogens with one attached hydrogen (secondary N) is 1. The summed E-state index contributed by atoms with van der Waals surface area (Å²) in [7, 11) is 0. The maximum Gasteiger partial charge on any atom is 0.326 e.